The molecule has 2 aromatic rings. The van der Waals surface area contributed by atoms with Crippen LogP contribution >= 0.6 is 0 Å². The Morgan fingerprint density at radius 1 is 1.12 bits per heavy atom. The number of rotatable bonds is 3. The molecule has 0 atom stereocenters. The second-order valence-corrected chi connectivity index (χ2v) is 8.29. The highest BCUT2D eigenvalue weighted by Crippen LogP contribution is 2.55. The molecule has 0 aliphatic heterocycles. The minimum Gasteiger partial charge on any atom is -0.497 e. The molecule has 0 saturated heterocycles. The summed E-state index contributed by atoms with van der Waals surface area (Å²) in [6, 6.07) is 7.81. The summed E-state index contributed by atoms with van der Waals surface area (Å²) in [4.78, 5) is 16.1. The molecule has 4 fully saturated rings. The van der Waals surface area contributed by atoms with Crippen molar-refractivity contribution in [3.05, 3.63) is 30.0 Å². The van der Waals surface area contributed by atoms with Gasteiger partial charge in [-0.15, -0.1) is 0 Å². The van der Waals surface area contributed by atoms with Gasteiger partial charge in [0.2, 0.25) is 0 Å². The Kier molecular flexibility index (Phi) is 3.00. The smallest absolute Gasteiger partial charge is 0.268 e. The third-order valence-corrected chi connectivity index (χ3v) is 6.49. The van der Waals surface area contributed by atoms with E-state index in [4.69, 9.17) is 4.74 Å². The maximum Gasteiger partial charge on any atom is 0.268 e. The zero-order chi connectivity index (χ0) is 16.3. The Morgan fingerprint density at radius 3 is 2.42 bits per heavy atom. The second-order valence-electron chi connectivity index (χ2n) is 8.29. The molecular weight excluding hydrogens is 300 g/mol. The van der Waals surface area contributed by atoms with Crippen molar-refractivity contribution in [3.8, 4) is 5.75 Å². The topological polar surface area (TPSA) is 54.1 Å². The van der Waals surface area contributed by atoms with Crippen molar-refractivity contribution in [2.45, 2.75) is 44.1 Å². The fourth-order valence-corrected chi connectivity index (χ4v) is 5.93. The molecule has 4 heteroatoms. The minimum atomic E-state index is 0.0483. The first-order valence-corrected chi connectivity index (χ1v) is 9.12. The summed E-state index contributed by atoms with van der Waals surface area (Å²) in [7, 11) is 1.66. The van der Waals surface area contributed by atoms with E-state index in [1.807, 2.05) is 24.3 Å². The number of hydrogen-bond donors (Lipinski definition) is 2. The lowest BCUT2D eigenvalue weighted by atomic mass is 9.53. The van der Waals surface area contributed by atoms with Gasteiger partial charge in [-0.25, -0.2) is 0 Å². The van der Waals surface area contributed by atoms with Crippen molar-refractivity contribution >= 4 is 16.8 Å². The minimum absolute atomic E-state index is 0.0483. The summed E-state index contributed by atoms with van der Waals surface area (Å²) < 4.78 is 5.26. The molecule has 4 nitrogen and oxygen atoms in total. The van der Waals surface area contributed by atoms with Gasteiger partial charge in [0, 0.05) is 22.5 Å². The van der Waals surface area contributed by atoms with Crippen LogP contribution in [0.15, 0.2) is 24.3 Å². The van der Waals surface area contributed by atoms with E-state index in [9.17, 15) is 4.79 Å². The lowest BCUT2D eigenvalue weighted by Gasteiger charge is -2.56. The molecule has 6 rings (SSSR count). The van der Waals surface area contributed by atoms with E-state index in [1.54, 1.807) is 7.11 Å². The van der Waals surface area contributed by atoms with Crippen LogP contribution in [0, 0.1) is 17.8 Å². The number of benzene rings is 1. The zero-order valence-electron chi connectivity index (χ0n) is 14.1. The summed E-state index contributed by atoms with van der Waals surface area (Å²) in [6.07, 6.45) is 7.71. The van der Waals surface area contributed by atoms with Gasteiger partial charge in [0.1, 0.15) is 11.4 Å². The number of fused-ring (bicyclic) bond motifs is 1. The summed E-state index contributed by atoms with van der Waals surface area (Å²) in [6.45, 7) is 0. The molecule has 0 spiro atoms. The monoisotopic (exact) mass is 324 g/mol. The van der Waals surface area contributed by atoms with Crippen LogP contribution in [0.25, 0.3) is 10.9 Å². The molecule has 1 aromatic carbocycles. The van der Waals surface area contributed by atoms with Crippen molar-refractivity contribution < 1.29 is 9.53 Å². The summed E-state index contributed by atoms with van der Waals surface area (Å²) in [5.74, 6) is 3.36. The van der Waals surface area contributed by atoms with E-state index >= 15 is 0 Å². The average molecular weight is 324 g/mol. The van der Waals surface area contributed by atoms with E-state index in [2.05, 4.69) is 10.3 Å². The standard InChI is InChI=1S/C20H24N2O2/c1-24-16-3-2-15-7-18(21-17(15)8-16)19(23)22-20-9-12-4-13(10-20)6-14(5-12)11-20/h2-3,7-8,12-14,21H,4-6,9-11H2,1H3,(H,22,23). The zero-order valence-corrected chi connectivity index (χ0v) is 14.1. The van der Waals surface area contributed by atoms with Gasteiger partial charge in [0.25, 0.3) is 5.91 Å². The van der Waals surface area contributed by atoms with Gasteiger partial charge in [-0.05, 0) is 74.5 Å². The predicted molar refractivity (Wildman–Crippen MR) is 93.2 cm³/mol. The van der Waals surface area contributed by atoms with Gasteiger partial charge < -0.3 is 15.0 Å². The normalized spacial score (nSPS) is 33.8. The second kappa shape index (κ2) is 5.01. The molecule has 1 heterocycles. The number of carbonyl (C=O) groups excluding carboxylic acids is 1. The SMILES string of the molecule is COc1ccc2cc(C(=O)NC34CC5CC(CC(C5)C3)C4)[nH]c2c1. The van der Waals surface area contributed by atoms with Gasteiger partial charge in [0.05, 0.1) is 7.11 Å². The molecule has 0 unspecified atom stereocenters. The van der Waals surface area contributed by atoms with Crippen LogP contribution in [0.5, 0.6) is 5.75 Å². The fourth-order valence-electron chi connectivity index (χ4n) is 5.93. The molecule has 1 aromatic heterocycles. The Labute approximate surface area is 142 Å². The molecular formula is C20H24N2O2. The summed E-state index contributed by atoms with van der Waals surface area (Å²) in [5, 5.41) is 4.48. The van der Waals surface area contributed by atoms with E-state index in [1.165, 1.54) is 38.5 Å². The third-order valence-electron chi connectivity index (χ3n) is 6.49. The maximum absolute atomic E-state index is 12.9. The number of H-pyrrole nitrogens is 1. The molecule has 126 valence electrons. The number of aromatic amines is 1. The van der Waals surface area contributed by atoms with Gasteiger partial charge in [-0.2, -0.15) is 0 Å². The molecule has 1 amide bonds. The first-order valence-electron chi connectivity index (χ1n) is 9.12. The van der Waals surface area contributed by atoms with Crippen LogP contribution in [0.1, 0.15) is 49.0 Å². The maximum atomic E-state index is 12.9. The van der Waals surface area contributed by atoms with Gasteiger partial charge in [0.15, 0.2) is 0 Å². The molecule has 4 aliphatic rings. The van der Waals surface area contributed by atoms with E-state index in [-0.39, 0.29) is 11.4 Å². The molecule has 4 aliphatic carbocycles. The van der Waals surface area contributed by atoms with Crippen molar-refractivity contribution in [2.75, 3.05) is 7.11 Å². The molecule has 4 saturated carbocycles. The molecule has 2 N–H and O–H groups in total. The summed E-state index contributed by atoms with van der Waals surface area (Å²) in [5.41, 5.74) is 1.67. The number of aromatic nitrogens is 1. The Balaban J connectivity index is 1.40. The van der Waals surface area contributed by atoms with Gasteiger partial charge in [-0.1, -0.05) is 0 Å². The van der Waals surface area contributed by atoms with Gasteiger partial charge in [-0.3, -0.25) is 4.79 Å². The first-order chi connectivity index (χ1) is 11.6. The van der Waals surface area contributed by atoms with E-state index < -0.39 is 0 Å². The number of amides is 1. The van der Waals surface area contributed by atoms with Crippen LogP contribution in [-0.4, -0.2) is 23.5 Å². The molecule has 0 radical (unpaired) electrons. The first kappa shape index (κ1) is 14.4. The number of carbonyl (C=O) groups is 1. The number of ether oxygens (including phenoxy) is 1. The highest BCUT2D eigenvalue weighted by atomic mass is 16.5. The number of methoxy groups -OCH3 is 1. The predicted octanol–water partition coefficient (Wildman–Crippen LogP) is 3.88. The highest BCUT2D eigenvalue weighted by molar-refractivity contribution is 5.98. The lowest BCUT2D eigenvalue weighted by Crippen LogP contribution is -2.59. The van der Waals surface area contributed by atoms with E-state index in [0.29, 0.717) is 5.69 Å². The van der Waals surface area contributed by atoms with E-state index in [0.717, 1.165) is 34.4 Å². The number of nitrogens with one attached hydrogen (secondary N) is 2. The number of hydrogen-bond acceptors (Lipinski definition) is 2. The van der Waals surface area contributed by atoms with Crippen LogP contribution in [0.3, 0.4) is 0 Å². The van der Waals surface area contributed by atoms with Crippen molar-refractivity contribution in [2.24, 2.45) is 17.8 Å². The van der Waals surface area contributed by atoms with Crippen LogP contribution in [-0.2, 0) is 0 Å². The highest BCUT2D eigenvalue weighted by Gasteiger charge is 2.51. The van der Waals surface area contributed by atoms with Crippen molar-refractivity contribution in [3.63, 3.8) is 0 Å². The largest absolute Gasteiger partial charge is 0.497 e. The van der Waals surface area contributed by atoms with Crippen LogP contribution < -0.4 is 10.1 Å². The average Bonchev–Trinajstić information content (AvgIpc) is 2.96. The summed E-state index contributed by atoms with van der Waals surface area (Å²) >= 11 is 0. The molecule has 24 heavy (non-hydrogen) atoms. The van der Waals surface area contributed by atoms with Gasteiger partial charge >= 0.3 is 0 Å². The Morgan fingerprint density at radius 2 is 1.79 bits per heavy atom. The van der Waals surface area contributed by atoms with Crippen molar-refractivity contribution in [1.29, 1.82) is 0 Å². The Bertz CT molecular complexity index is 772. The van der Waals surface area contributed by atoms with Crippen molar-refractivity contribution in [1.82, 2.24) is 10.3 Å². The lowest BCUT2D eigenvalue weighted by molar-refractivity contribution is -0.0167. The Hall–Kier alpha value is -1.97. The molecule has 4 bridgehead atoms. The fraction of sp³-hybridized carbons (Fsp3) is 0.550. The third kappa shape index (κ3) is 2.23. The quantitative estimate of drug-likeness (QED) is 0.900. The van der Waals surface area contributed by atoms with Crippen LogP contribution in [0.2, 0.25) is 0 Å². The van der Waals surface area contributed by atoms with Crippen LogP contribution in [0.4, 0.5) is 0 Å².